The van der Waals surface area contributed by atoms with Gasteiger partial charge in [-0.3, -0.25) is 4.79 Å². The Bertz CT molecular complexity index is 386. The Kier molecular flexibility index (Phi) is 6.50. The van der Waals surface area contributed by atoms with Gasteiger partial charge in [-0.05, 0) is 50.9 Å². The second-order valence-corrected chi connectivity index (χ2v) is 6.21. The fraction of sp³-hybridized carbons (Fsp3) is 0.722. The minimum Gasteiger partial charge on any atom is -0.481 e. The van der Waals surface area contributed by atoms with E-state index >= 15 is 0 Å². The second-order valence-electron chi connectivity index (χ2n) is 6.21. The average Bonchev–Trinajstić information content (AvgIpc) is 3.01. The number of aliphatic carboxylic acids is 1. The molecule has 21 heavy (non-hydrogen) atoms. The van der Waals surface area contributed by atoms with Crippen LogP contribution in [0.1, 0.15) is 58.3 Å². The Balaban J connectivity index is 1.59. The summed E-state index contributed by atoms with van der Waals surface area (Å²) in [4.78, 5) is 10.4. The average molecular weight is 292 g/mol. The number of fused-ring (bicyclic) bond motifs is 2. The van der Waals surface area contributed by atoms with Gasteiger partial charge in [0.25, 0.3) is 0 Å². The van der Waals surface area contributed by atoms with Crippen molar-refractivity contribution in [2.24, 2.45) is 11.8 Å². The van der Waals surface area contributed by atoms with Crippen molar-refractivity contribution in [3.8, 4) is 0 Å². The van der Waals surface area contributed by atoms with Crippen LogP contribution in [0, 0.1) is 11.8 Å². The number of allylic oxidation sites excluding steroid dienone is 3. The van der Waals surface area contributed by atoms with E-state index in [0.29, 0.717) is 18.1 Å². The van der Waals surface area contributed by atoms with Crippen LogP contribution in [-0.2, 0) is 9.53 Å². The molecule has 2 bridgehead atoms. The van der Waals surface area contributed by atoms with Crippen LogP contribution in [0.3, 0.4) is 0 Å². The Morgan fingerprint density at radius 2 is 2.10 bits per heavy atom. The normalized spacial score (nSPS) is 31.7. The van der Waals surface area contributed by atoms with Crippen LogP contribution in [0.5, 0.6) is 0 Å². The first-order valence-corrected chi connectivity index (χ1v) is 8.41. The highest BCUT2D eigenvalue weighted by atomic mass is 16.5. The van der Waals surface area contributed by atoms with Crippen LogP contribution < -0.4 is 0 Å². The Labute approximate surface area is 128 Å². The summed E-state index contributed by atoms with van der Waals surface area (Å²) in [6.45, 7) is 2.22. The third-order valence-electron chi connectivity index (χ3n) is 4.75. The van der Waals surface area contributed by atoms with Gasteiger partial charge in [0.1, 0.15) is 0 Å². The van der Waals surface area contributed by atoms with Gasteiger partial charge >= 0.3 is 5.97 Å². The van der Waals surface area contributed by atoms with E-state index in [1.165, 1.54) is 12.8 Å². The van der Waals surface area contributed by atoms with Crippen LogP contribution in [0.4, 0.5) is 0 Å². The molecule has 0 aromatic heterocycles. The molecule has 118 valence electrons. The third-order valence-corrected chi connectivity index (χ3v) is 4.75. The number of hydrogen-bond acceptors (Lipinski definition) is 2. The zero-order valence-electron chi connectivity index (χ0n) is 13.0. The van der Waals surface area contributed by atoms with E-state index in [-0.39, 0.29) is 6.42 Å². The topological polar surface area (TPSA) is 46.5 Å². The first-order chi connectivity index (χ1) is 10.2. The molecular formula is C18H28O3. The van der Waals surface area contributed by atoms with E-state index in [1.54, 1.807) is 0 Å². The molecular weight excluding hydrogens is 264 g/mol. The minimum absolute atomic E-state index is 0.288. The van der Waals surface area contributed by atoms with Crippen LogP contribution in [-0.4, -0.2) is 23.3 Å². The summed E-state index contributed by atoms with van der Waals surface area (Å²) in [6.07, 6.45) is 17.6. The molecule has 0 unspecified atom stereocenters. The third kappa shape index (κ3) is 4.70. The summed E-state index contributed by atoms with van der Waals surface area (Å²) in [5.74, 6) is 0.691. The molecule has 0 amide bonds. The highest BCUT2D eigenvalue weighted by molar-refractivity contribution is 5.66. The van der Waals surface area contributed by atoms with Crippen molar-refractivity contribution in [1.29, 1.82) is 0 Å². The van der Waals surface area contributed by atoms with E-state index in [2.05, 4.69) is 31.2 Å². The first kappa shape index (κ1) is 16.3. The summed E-state index contributed by atoms with van der Waals surface area (Å²) in [5.41, 5.74) is 0. The van der Waals surface area contributed by atoms with Crippen LogP contribution >= 0.6 is 0 Å². The first-order valence-electron chi connectivity index (χ1n) is 8.41. The maximum Gasteiger partial charge on any atom is 0.303 e. The Morgan fingerprint density at radius 3 is 2.81 bits per heavy atom. The van der Waals surface area contributed by atoms with Crippen LogP contribution in [0.25, 0.3) is 0 Å². The van der Waals surface area contributed by atoms with E-state index in [1.807, 2.05) is 0 Å². The SMILES string of the molecule is CC[C@H]1O[C@H]2CC[C@H]1[C@@H]2/C=C\C/C=C\CCCCC(=O)O. The summed E-state index contributed by atoms with van der Waals surface area (Å²) in [6, 6.07) is 0. The van der Waals surface area contributed by atoms with Gasteiger partial charge in [0, 0.05) is 12.3 Å². The number of carbonyl (C=O) groups is 1. The maximum atomic E-state index is 10.4. The molecule has 1 aliphatic heterocycles. The second kappa shape index (κ2) is 8.38. The summed E-state index contributed by atoms with van der Waals surface area (Å²) in [5, 5.41) is 8.54. The Morgan fingerprint density at radius 1 is 1.24 bits per heavy atom. The van der Waals surface area contributed by atoms with E-state index in [9.17, 15) is 4.79 Å². The molecule has 3 nitrogen and oxygen atoms in total. The number of hydrogen-bond donors (Lipinski definition) is 1. The van der Waals surface area contributed by atoms with Crippen molar-refractivity contribution in [3.63, 3.8) is 0 Å². The molecule has 0 radical (unpaired) electrons. The molecule has 1 N–H and O–H groups in total. The van der Waals surface area contributed by atoms with Crippen molar-refractivity contribution >= 4 is 5.97 Å². The molecule has 1 heterocycles. The molecule has 3 heteroatoms. The van der Waals surface area contributed by atoms with Crippen molar-refractivity contribution in [2.75, 3.05) is 0 Å². The zero-order chi connectivity index (χ0) is 15.1. The van der Waals surface area contributed by atoms with E-state index in [0.717, 1.165) is 38.0 Å². The summed E-state index contributed by atoms with van der Waals surface area (Å²) in [7, 11) is 0. The number of rotatable bonds is 9. The van der Waals surface area contributed by atoms with Gasteiger partial charge in [0.05, 0.1) is 12.2 Å². The van der Waals surface area contributed by atoms with Gasteiger partial charge in [-0.15, -0.1) is 0 Å². The smallest absolute Gasteiger partial charge is 0.303 e. The molecule has 4 atom stereocenters. The number of ether oxygens (including phenoxy) is 1. The number of carboxylic acid groups (broad SMARTS) is 1. The van der Waals surface area contributed by atoms with Crippen LogP contribution in [0.15, 0.2) is 24.3 Å². The van der Waals surface area contributed by atoms with Crippen molar-refractivity contribution < 1.29 is 14.6 Å². The van der Waals surface area contributed by atoms with Gasteiger partial charge in [-0.25, -0.2) is 0 Å². The van der Waals surface area contributed by atoms with Gasteiger partial charge in [-0.1, -0.05) is 31.2 Å². The lowest BCUT2D eigenvalue weighted by Crippen LogP contribution is -2.19. The molecule has 1 aliphatic carbocycles. The lowest BCUT2D eigenvalue weighted by Gasteiger charge is -2.19. The van der Waals surface area contributed by atoms with Crippen LogP contribution in [0.2, 0.25) is 0 Å². The molecule has 0 spiro atoms. The number of unbranched alkanes of at least 4 members (excludes halogenated alkanes) is 2. The molecule has 1 saturated heterocycles. The lowest BCUT2D eigenvalue weighted by molar-refractivity contribution is -0.137. The van der Waals surface area contributed by atoms with Crippen molar-refractivity contribution in [2.45, 2.75) is 70.5 Å². The fourth-order valence-corrected chi connectivity index (χ4v) is 3.67. The van der Waals surface area contributed by atoms with Crippen molar-refractivity contribution in [1.82, 2.24) is 0 Å². The standard InChI is InChI=1S/C18H28O3/c1-2-16-15-12-13-17(21-16)14(15)10-8-6-4-3-5-7-9-11-18(19)20/h3-4,8,10,14-17H,2,5-7,9,11-13H2,1H3,(H,19,20)/b4-3-,10-8-/t14-,15-,16+,17-/m0/s1. The minimum atomic E-state index is -0.694. The van der Waals surface area contributed by atoms with Gasteiger partial charge < -0.3 is 9.84 Å². The largest absolute Gasteiger partial charge is 0.481 e. The lowest BCUT2D eigenvalue weighted by atomic mass is 9.91. The maximum absolute atomic E-state index is 10.4. The quantitative estimate of drug-likeness (QED) is 0.508. The van der Waals surface area contributed by atoms with Gasteiger partial charge in [0.2, 0.25) is 0 Å². The predicted octanol–water partition coefficient (Wildman–Crippen LogP) is 4.34. The molecule has 1 saturated carbocycles. The number of carboxylic acids is 1. The zero-order valence-corrected chi connectivity index (χ0v) is 13.0. The molecule has 2 rings (SSSR count). The highest BCUT2D eigenvalue weighted by Gasteiger charge is 2.46. The van der Waals surface area contributed by atoms with E-state index < -0.39 is 5.97 Å². The molecule has 2 fully saturated rings. The monoisotopic (exact) mass is 292 g/mol. The van der Waals surface area contributed by atoms with Gasteiger partial charge in [-0.2, -0.15) is 0 Å². The van der Waals surface area contributed by atoms with Gasteiger partial charge in [0.15, 0.2) is 0 Å². The fourth-order valence-electron chi connectivity index (χ4n) is 3.67. The summed E-state index contributed by atoms with van der Waals surface area (Å²) < 4.78 is 6.05. The molecule has 2 aliphatic rings. The predicted molar refractivity (Wildman–Crippen MR) is 84.2 cm³/mol. The van der Waals surface area contributed by atoms with Crippen molar-refractivity contribution in [3.05, 3.63) is 24.3 Å². The highest BCUT2D eigenvalue weighted by Crippen LogP contribution is 2.46. The summed E-state index contributed by atoms with van der Waals surface area (Å²) >= 11 is 0. The van der Waals surface area contributed by atoms with E-state index in [4.69, 9.17) is 9.84 Å². The molecule has 0 aromatic carbocycles. The Hall–Kier alpha value is -1.09. The molecule has 0 aromatic rings.